The molecule has 2 aromatic carbocycles. The Hall–Kier alpha value is -2.60. The molecular formula is C15H16FN3O2. The molecule has 0 bridgehead atoms. The Morgan fingerprint density at radius 2 is 1.95 bits per heavy atom. The number of carbonyl (C=O) groups is 1. The second kappa shape index (κ2) is 7.25. The van der Waals surface area contributed by atoms with Crippen molar-refractivity contribution in [3.05, 3.63) is 54.3 Å². The zero-order valence-corrected chi connectivity index (χ0v) is 11.3. The second-order valence-electron chi connectivity index (χ2n) is 4.22. The Labute approximate surface area is 121 Å². The van der Waals surface area contributed by atoms with E-state index in [1.165, 1.54) is 18.2 Å². The molecular weight excluding hydrogens is 273 g/mol. The summed E-state index contributed by atoms with van der Waals surface area (Å²) in [6.45, 7) is 0.730. The summed E-state index contributed by atoms with van der Waals surface area (Å²) >= 11 is 0. The zero-order chi connectivity index (χ0) is 15.1. The van der Waals surface area contributed by atoms with Crippen LogP contribution in [0.5, 0.6) is 5.75 Å². The summed E-state index contributed by atoms with van der Waals surface area (Å²) in [4.78, 5) is 11.9. The van der Waals surface area contributed by atoms with Crippen LogP contribution in [0.2, 0.25) is 0 Å². The number of para-hydroxylation sites is 2. The number of ether oxygens (including phenoxy) is 1. The molecule has 0 unspecified atom stereocenters. The van der Waals surface area contributed by atoms with Crippen molar-refractivity contribution in [1.82, 2.24) is 0 Å². The molecule has 0 aliphatic rings. The molecule has 0 atom stereocenters. The van der Waals surface area contributed by atoms with Gasteiger partial charge in [-0.1, -0.05) is 18.2 Å². The van der Waals surface area contributed by atoms with Gasteiger partial charge in [-0.2, -0.15) is 0 Å². The predicted octanol–water partition coefficient (Wildman–Crippen LogP) is 2.81. The number of urea groups is 1. The number of halogens is 1. The van der Waals surface area contributed by atoms with Gasteiger partial charge in [0.15, 0.2) is 0 Å². The Kier molecular flexibility index (Phi) is 5.11. The molecule has 0 spiro atoms. The van der Waals surface area contributed by atoms with Gasteiger partial charge in [-0.25, -0.2) is 9.18 Å². The molecule has 4 N–H and O–H groups in total. The fraction of sp³-hybridized carbons (Fsp3) is 0.133. The lowest BCUT2D eigenvalue weighted by Crippen LogP contribution is -2.20. The van der Waals surface area contributed by atoms with Crippen LogP contribution in [0.4, 0.5) is 20.6 Å². The van der Waals surface area contributed by atoms with E-state index in [0.29, 0.717) is 30.3 Å². The highest BCUT2D eigenvalue weighted by molar-refractivity contribution is 6.00. The summed E-state index contributed by atoms with van der Waals surface area (Å²) in [5.74, 6) is 0.108. The molecule has 6 heteroatoms. The monoisotopic (exact) mass is 289 g/mol. The van der Waals surface area contributed by atoms with E-state index in [4.69, 9.17) is 10.5 Å². The SMILES string of the molecule is NCCOc1ccccc1NC(=O)Nc1cccc(F)c1. The normalized spacial score (nSPS) is 10.0. The molecule has 0 aliphatic heterocycles. The number of hydrogen-bond acceptors (Lipinski definition) is 3. The summed E-state index contributed by atoms with van der Waals surface area (Å²) in [6.07, 6.45) is 0. The van der Waals surface area contributed by atoms with Crippen LogP contribution < -0.4 is 21.1 Å². The van der Waals surface area contributed by atoms with Crippen LogP contribution in [0.3, 0.4) is 0 Å². The van der Waals surface area contributed by atoms with E-state index in [9.17, 15) is 9.18 Å². The van der Waals surface area contributed by atoms with Crippen LogP contribution in [0.1, 0.15) is 0 Å². The first kappa shape index (κ1) is 14.8. The van der Waals surface area contributed by atoms with Crippen LogP contribution in [-0.4, -0.2) is 19.2 Å². The molecule has 0 saturated heterocycles. The molecule has 0 aromatic heterocycles. The minimum atomic E-state index is -0.482. The third-order valence-corrected chi connectivity index (χ3v) is 2.59. The van der Waals surface area contributed by atoms with Crippen LogP contribution >= 0.6 is 0 Å². The lowest BCUT2D eigenvalue weighted by molar-refractivity contribution is 0.262. The smallest absolute Gasteiger partial charge is 0.323 e. The first-order valence-electron chi connectivity index (χ1n) is 6.44. The number of anilines is 2. The van der Waals surface area contributed by atoms with Crippen molar-refractivity contribution in [3.8, 4) is 5.75 Å². The lowest BCUT2D eigenvalue weighted by Gasteiger charge is -2.12. The fourth-order valence-corrected chi connectivity index (χ4v) is 1.72. The largest absolute Gasteiger partial charge is 0.490 e. The number of hydrogen-bond donors (Lipinski definition) is 3. The van der Waals surface area contributed by atoms with Gasteiger partial charge in [0, 0.05) is 12.2 Å². The molecule has 2 aromatic rings. The van der Waals surface area contributed by atoms with Gasteiger partial charge in [0.05, 0.1) is 5.69 Å². The van der Waals surface area contributed by atoms with E-state index in [-0.39, 0.29) is 0 Å². The van der Waals surface area contributed by atoms with Crippen molar-refractivity contribution in [2.45, 2.75) is 0 Å². The summed E-state index contributed by atoms with van der Waals surface area (Å²) in [7, 11) is 0. The molecule has 0 radical (unpaired) electrons. The standard InChI is InChI=1S/C15H16FN3O2/c16-11-4-3-5-12(10-11)18-15(20)19-13-6-1-2-7-14(13)21-9-8-17/h1-7,10H,8-9,17H2,(H2,18,19,20). The van der Waals surface area contributed by atoms with E-state index in [1.807, 2.05) is 0 Å². The maximum Gasteiger partial charge on any atom is 0.323 e. The minimum absolute atomic E-state index is 0.351. The van der Waals surface area contributed by atoms with E-state index < -0.39 is 11.8 Å². The maximum atomic E-state index is 13.0. The summed E-state index contributed by atoms with van der Waals surface area (Å²) in [5, 5.41) is 5.19. The van der Waals surface area contributed by atoms with Crippen molar-refractivity contribution in [1.29, 1.82) is 0 Å². The van der Waals surface area contributed by atoms with E-state index in [1.54, 1.807) is 30.3 Å². The molecule has 5 nitrogen and oxygen atoms in total. The van der Waals surface area contributed by atoms with Crippen LogP contribution in [-0.2, 0) is 0 Å². The third-order valence-electron chi connectivity index (χ3n) is 2.59. The fourth-order valence-electron chi connectivity index (χ4n) is 1.72. The first-order chi connectivity index (χ1) is 10.2. The predicted molar refractivity (Wildman–Crippen MR) is 80.0 cm³/mol. The van der Waals surface area contributed by atoms with Crippen LogP contribution in [0.15, 0.2) is 48.5 Å². The van der Waals surface area contributed by atoms with E-state index >= 15 is 0 Å². The summed E-state index contributed by atoms with van der Waals surface area (Å²) in [5.41, 5.74) is 6.27. The molecule has 2 rings (SSSR count). The molecule has 0 saturated carbocycles. The third kappa shape index (κ3) is 4.47. The van der Waals surface area contributed by atoms with Crippen molar-refractivity contribution < 1.29 is 13.9 Å². The lowest BCUT2D eigenvalue weighted by atomic mass is 10.3. The van der Waals surface area contributed by atoms with Crippen LogP contribution in [0, 0.1) is 5.82 Å². The van der Waals surface area contributed by atoms with Gasteiger partial charge >= 0.3 is 6.03 Å². The molecule has 0 heterocycles. The van der Waals surface area contributed by atoms with Crippen molar-refractivity contribution in [2.75, 3.05) is 23.8 Å². The Bertz CT molecular complexity index is 619. The topological polar surface area (TPSA) is 76.4 Å². The summed E-state index contributed by atoms with van der Waals surface area (Å²) in [6, 6.07) is 12.2. The molecule has 110 valence electrons. The van der Waals surface area contributed by atoms with E-state index in [2.05, 4.69) is 10.6 Å². The maximum absolute atomic E-state index is 13.0. The van der Waals surface area contributed by atoms with Crippen molar-refractivity contribution in [2.24, 2.45) is 5.73 Å². The highest BCUT2D eigenvalue weighted by atomic mass is 19.1. The number of benzene rings is 2. The quantitative estimate of drug-likeness (QED) is 0.792. The Morgan fingerprint density at radius 3 is 2.71 bits per heavy atom. The summed E-state index contributed by atoms with van der Waals surface area (Å²) < 4.78 is 18.5. The second-order valence-corrected chi connectivity index (χ2v) is 4.22. The Balaban J connectivity index is 2.02. The van der Waals surface area contributed by atoms with Crippen LogP contribution in [0.25, 0.3) is 0 Å². The molecule has 0 fully saturated rings. The van der Waals surface area contributed by atoms with Crippen molar-refractivity contribution in [3.63, 3.8) is 0 Å². The van der Waals surface area contributed by atoms with E-state index in [0.717, 1.165) is 0 Å². The number of rotatable bonds is 5. The van der Waals surface area contributed by atoms with Gasteiger partial charge in [-0.3, -0.25) is 0 Å². The number of carbonyl (C=O) groups excluding carboxylic acids is 1. The molecule has 21 heavy (non-hydrogen) atoms. The Morgan fingerprint density at radius 1 is 1.14 bits per heavy atom. The van der Waals surface area contributed by atoms with Gasteiger partial charge in [0.25, 0.3) is 0 Å². The van der Waals surface area contributed by atoms with Gasteiger partial charge in [0.1, 0.15) is 18.2 Å². The average Bonchev–Trinajstić information content (AvgIpc) is 2.46. The van der Waals surface area contributed by atoms with Gasteiger partial charge in [0.2, 0.25) is 0 Å². The average molecular weight is 289 g/mol. The highest BCUT2D eigenvalue weighted by Crippen LogP contribution is 2.23. The zero-order valence-electron chi connectivity index (χ0n) is 11.3. The minimum Gasteiger partial charge on any atom is -0.490 e. The molecule has 2 amide bonds. The number of nitrogens with one attached hydrogen (secondary N) is 2. The van der Waals surface area contributed by atoms with Gasteiger partial charge < -0.3 is 21.1 Å². The van der Waals surface area contributed by atoms with Crippen molar-refractivity contribution >= 4 is 17.4 Å². The highest BCUT2D eigenvalue weighted by Gasteiger charge is 2.07. The molecule has 0 aliphatic carbocycles. The number of amides is 2. The van der Waals surface area contributed by atoms with Gasteiger partial charge in [-0.15, -0.1) is 0 Å². The first-order valence-corrected chi connectivity index (χ1v) is 6.44. The van der Waals surface area contributed by atoms with Gasteiger partial charge in [-0.05, 0) is 30.3 Å². The number of nitrogens with two attached hydrogens (primary N) is 1.